The number of nitriles is 1. The van der Waals surface area contributed by atoms with E-state index in [0.29, 0.717) is 18.0 Å². The minimum Gasteiger partial charge on any atom is -0.339 e. The van der Waals surface area contributed by atoms with E-state index in [1.807, 2.05) is 19.9 Å². The van der Waals surface area contributed by atoms with Crippen molar-refractivity contribution in [3.63, 3.8) is 0 Å². The summed E-state index contributed by atoms with van der Waals surface area (Å²) in [6, 6.07) is 3.70. The van der Waals surface area contributed by atoms with Crippen LogP contribution in [0.1, 0.15) is 27.0 Å². The summed E-state index contributed by atoms with van der Waals surface area (Å²) in [5.41, 5.74) is 1.06. The van der Waals surface area contributed by atoms with Crippen LogP contribution in [0.4, 0.5) is 0 Å². The zero-order valence-electron chi connectivity index (χ0n) is 12.2. The number of hydrogen-bond acceptors (Lipinski definition) is 5. The molecule has 1 amide bonds. The van der Waals surface area contributed by atoms with Crippen molar-refractivity contribution in [2.24, 2.45) is 5.92 Å². The fourth-order valence-corrected chi connectivity index (χ4v) is 4.31. The van der Waals surface area contributed by atoms with E-state index in [9.17, 15) is 14.9 Å². The molecule has 0 radical (unpaired) electrons. The topological polar surface area (TPSA) is 61.2 Å². The molecule has 1 saturated heterocycles. The van der Waals surface area contributed by atoms with Gasteiger partial charge in [-0.15, -0.1) is 11.3 Å². The average molecular weight is 322 g/mol. The molecule has 6 heteroatoms. The summed E-state index contributed by atoms with van der Waals surface area (Å²) in [5, 5.41) is 9.27. The van der Waals surface area contributed by atoms with E-state index in [2.05, 4.69) is 0 Å². The van der Waals surface area contributed by atoms with Crippen molar-refractivity contribution in [2.45, 2.75) is 20.3 Å². The fourth-order valence-electron chi connectivity index (χ4n) is 2.33. The van der Waals surface area contributed by atoms with Crippen LogP contribution in [0.3, 0.4) is 0 Å². The van der Waals surface area contributed by atoms with Gasteiger partial charge in [0.15, 0.2) is 11.7 Å². The quantitative estimate of drug-likeness (QED) is 0.631. The second kappa shape index (κ2) is 7.10. The monoisotopic (exact) mass is 322 g/mol. The Morgan fingerprint density at radius 1 is 1.43 bits per heavy atom. The van der Waals surface area contributed by atoms with E-state index in [0.717, 1.165) is 28.4 Å². The summed E-state index contributed by atoms with van der Waals surface area (Å²) in [4.78, 5) is 28.2. The van der Waals surface area contributed by atoms with Gasteiger partial charge in [0.1, 0.15) is 0 Å². The number of rotatable bonds is 4. The first-order valence-electron chi connectivity index (χ1n) is 6.98. The molecule has 2 heterocycles. The van der Waals surface area contributed by atoms with Crippen molar-refractivity contribution in [2.75, 3.05) is 24.6 Å². The molecule has 0 spiro atoms. The molecule has 21 heavy (non-hydrogen) atoms. The van der Waals surface area contributed by atoms with E-state index in [4.69, 9.17) is 0 Å². The summed E-state index contributed by atoms with van der Waals surface area (Å²) < 4.78 is 0. The predicted octanol–water partition coefficient (Wildman–Crippen LogP) is 2.52. The molecule has 1 atom stereocenters. The molecular formula is C15H18N2O2S2. The number of nitrogens with zero attached hydrogens (tertiary/aromatic N) is 2. The van der Waals surface area contributed by atoms with Crippen LogP contribution in [0.25, 0.3) is 0 Å². The van der Waals surface area contributed by atoms with Gasteiger partial charge in [0, 0.05) is 29.5 Å². The van der Waals surface area contributed by atoms with Crippen molar-refractivity contribution in [1.82, 2.24) is 4.90 Å². The van der Waals surface area contributed by atoms with Crippen LogP contribution >= 0.6 is 23.1 Å². The van der Waals surface area contributed by atoms with Gasteiger partial charge < -0.3 is 4.90 Å². The Morgan fingerprint density at radius 2 is 2.10 bits per heavy atom. The highest BCUT2D eigenvalue weighted by Gasteiger charge is 2.33. The number of thioether (sulfide) groups is 1. The first kappa shape index (κ1) is 16.1. The van der Waals surface area contributed by atoms with Gasteiger partial charge in [-0.2, -0.15) is 17.0 Å². The average Bonchev–Trinajstić information content (AvgIpc) is 2.89. The van der Waals surface area contributed by atoms with Gasteiger partial charge in [-0.05, 0) is 25.0 Å². The Labute approximate surface area is 133 Å². The second-order valence-electron chi connectivity index (χ2n) is 4.93. The Balaban J connectivity index is 2.17. The van der Waals surface area contributed by atoms with Crippen molar-refractivity contribution in [3.05, 3.63) is 21.4 Å². The van der Waals surface area contributed by atoms with Gasteiger partial charge in [-0.25, -0.2) is 0 Å². The molecule has 1 aromatic rings. The lowest BCUT2D eigenvalue weighted by molar-refractivity contribution is -0.132. The predicted molar refractivity (Wildman–Crippen MR) is 85.8 cm³/mol. The molecule has 1 unspecified atom stereocenters. The molecule has 1 aromatic heterocycles. The van der Waals surface area contributed by atoms with E-state index in [-0.39, 0.29) is 11.7 Å². The molecule has 0 bridgehead atoms. The van der Waals surface area contributed by atoms with Crippen LogP contribution in [-0.4, -0.2) is 41.2 Å². The Kier molecular flexibility index (Phi) is 5.43. The molecule has 2 rings (SSSR count). The molecule has 0 aliphatic carbocycles. The Bertz CT molecular complexity index is 583. The molecular weight excluding hydrogens is 304 g/mol. The van der Waals surface area contributed by atoms with Gasteiger partial charge in [0.2, 0.25) is 5.91 Å². The third-order valence-electron chi connectivity index (χ3n) is 3.55. The first-order chi connectivity index (χ1) is 10.1. The van der Waals surface area contributed by atoms with Crippen LogP contribution < -0.4 is 0 Å². The van der Waals surface area contributed by atoms with Gasteiger partial charge >= 0.3 is 0 Å². The largest absolute Gasteiger partial charge is 0.339 e. The number of carbonyl (C=O) groups excluding carboxylic acids is 2. The van der Waals surface area contributed by atoms with Crippen molar-refractivity contribution >= 4 is 34.8 Å². The molecule has 0 N–H and O–H groups in total. The van der Waals surface area contributed by atoms with Gasteiger partial charge in [0.25, 0.3) is 0 Å². The van der Waals surface area contributed by atoms with Crippen LogP contribution in [0.15, 0.2) is 6.07 Å². The summed E-state index contributed by atoms with van der Waals surface area (Å²) in [6.45, 7) is 5.24. The van der Waals surface area contributed by atoms with E-state index >= 15 is 0 Å². The number of ketones is 1. The molecule has 112 valence electrons. The minimum absolute atomic E-state index is 0.341. The zero-order chi connectivity index (χ0) is 15.4. The van der Waals surface area contributed by atoms with Crippen LogP contribution in [0, 0.1) is 24.2 Å². The molecule has 4 nitrogen and oxygen atoms in total. The third kappa shape index (κ3) is 3.47. The lowest BCUT2D eigenvalue weighted by Gasteiger charge is -2.27. The number of hydrogen-bond donors (Lipinski definition) is 0. The summed E-state index contributed by atoms with van der Waals surface area (Å²) in [7, 11) is 0. The van der Waals surface area contributed by atoms with Crippen LogP contribution in [0.5, 0.6) is 0 Å². The Hall–Kier alpha value is -1.32. The highest BCUT2D eigenvalue weighted by Crippen LogP contribution is 2.25. The maximum Gasteiger partial charge on any atom is 0.248 e. The number of Topliss-reactive ketones (excluding diaryl/α,β-unsaturated/α-hetero) is 1. The number of aryl methyl sites for hydroxylation is 2. The lowest BCUT2D eigenvalue weighted by Crippen LogP contribution is -2.43. The summed E-state index contributed by atoms with van der Waals surface area (Å²) >= 11 is 3.19. The minimum atomic E-state index is -1.20. The Morgan fingerprint density at radius 3 is 2.62 bits per heavy atom. The van der Waals surface area contributed by atoms with E-state index in [1.54, 1.807) is 22.7 Å². The van der Waals surface area contributed by atoms with Gasteiger partial charge in [0.05, 0.1) is 10.9 Å². The number of carbonyl (C=O) groups is 2. The normalized spacial score (nSPS) is 16.3. The van der Waals surface area contributed by atoms with Gasteiger partial charge in [-0.3, -0.25) is 9.59 Å². The highest BCUT2D eigenvalue weighted by atomic mass is 32.2. The molecule has 1 aliphatic heterocycles. The smallest absolute Gasteiger partial charge is 0.248 e. The fraction of sp³-hybridized carbons (Fsp3) is 0.533. The van der Waals surface area contributed by atoms with Crippen LogP contribution in [-0.2, 0) is 11.2 Å². The number of thiophene rings is 1. The molecule has 1 fully saturated rings. The standard InChI is InChI=1S/C15H18N2O2S2/c1-3-12-10(2)8-13(21-12)14(18)11(9-16)15(19)17-4-6-20-7-5-17/h8,11H,3-7H2,1-2H3. The highest BCUT2D eigenvalue weighted by molar-refractivity contribution is 7.99. The summed E-state index contributed by atoms with van der Waals surface area (Å²) in [6.07, 6.45) is 0.859. The summed E-state index contributed by atoms with van der Waals surface area (Å²) in [5.74, 6) is -0.150. The molecule has 0 saturated carbocycles. The zero-order valence-corrected chi connectivity index (χ0v) is 13.9. The molecule has 0 aromatic carbocycles. The first-order valence-corrected chi connectivity index (χ1v) is 8.95. The number of amides is 1. The van der Waals surface area contributed by atoms with Crippen molar-refractivity contribution in [1.29, 1.82) is 5.26 Å². The van der Waals surface area contributed by atoms with E-state index in [1.165, 1.54) is 11.3 Å². The van der Waals surface area contributed by atoms with E-state index < -0.39 is 5.92 Å². The maximum atomic E-state index is 12.5. The third-order valence-corrected chi connectivity index (χ3v) is 5.88. The van der Waals surface area contributed by atoms with Crippen molar-refractivity contribution < 1.29 is 9.59 Å². The molecule has 1 aliphatic rings. The SMILES string of the molecule is CCc1sc(C(=O)C(C#N)C(=O)N2CCSCC2)cc1C. The van der Waals surface area contributed by atoms with Crippen LogP contribution in [0.2, 0.25) is 0 Å². The second-order valence-corrected chi connectivity index (χ2v) is 7.30. The van der Waals surface area contributed by atoms with Gasteiger partial charge in [-0.1, -0.05) is 6.92 Å². The lowest BCUT2D eigenvalue weighted by atomic mass is 10.0. The van der Waals surface area contributed by atoms with Crippen molar-refractivity contribution in [3.8, 4) is 6.07 Å². The maximum absolute atomic E-state index is 12.5.